The first-order chi connectivity index (χ1) is 13.2. The first-order valence-electron chi connectivity index (χ1n) is 10.8. The van der Waals surface area contributed by atoms with E-state index in [-0.39, 0.29) is 0 Å². The topological polar surface area (TPSA) is 0 Å². The van der Waals surface area contributed by atoms with Gasteiger partial charge in [-0.25, -0.2) is 0 Å². The zero-order chi connectivity index (χ0) is 20.8. The van der Waals surface area contributed by atoms with Crippen molar-refractivity contribution in [3.63, 3.8) is 0 Å². The zero-order valence-electron chi connectivity index (χ0n) is 19.1. The Kier molecular flexibility index (Phi) is 7.87. The van der Waals surface area contributed by atoms with Crippen molar-refractivity contribution in [2.24, 2.45) is 0 Å². The third-order valence-corrected chi connectivity index (χ3v) is 5.49. The van der Waals surface area contributed by atoms with Crippen LogP contribution in [0.15, 0.2) is 60.7 Å². The Morgan fingerprint density at radius 1 is 0.357 bits per heavy atom. The molecule has 0 atom stereocenters. The maximum Gasteiger partial charge on any atom is -0.0181 e. The molecule has 0 aliphatic rings. The second kappa shape index (κ2) is 9.92. The first-order valence-corrected chi connectivity index (χ1v) is 10.8. The predicted molar refractivity (Wildman–Crippen MR) is 127 cm³/mol. The van der Waals surface area contributed by atoms with Crippen molar-refractivity contribution in [1.82, 2.24) is 0 Å². The highest BCUT2D eigenvalue weighted by molar-refractivity contribution is 5.84. The Balaban J connectivity index is 0.000000209. The number of fused-ring (bicyclic) bond motifs is 1. The summed E-state index contributed by atoms with van der Waals surface area (Å²) in [4.78, 5) is 0. The third-order valence-electron chi connectivity index (χ3n) is 5.49. The van der Waals surface area contributed by atoms with Crippen LogP contribution in [-0.4, -0.2) is 0 Å². The van der Waals surface area contributed by atoms with Gasteiger partial charge in [0.15, 0.2) is 0 Å². The summed E-state index contributed by atoms with van der Waals surface area (Å²) in [6, 6.07) is 22.6. The molecule has 28 heavy (non-hydrogen) atoms. The monoisotopic (exact) mass is 374 g/mol. The van der Waals surface area contributed by atoms with E-state index in [9.17, 15) is 0 Å². The van der Waals surface area contributed by atoms with Crippen LogP contribution < -0.4 is 0 Å². The predicted octanol–water partition coefficient (Wildman–Crippen LogP) is 9.02. The van der Waals surface area contributed by atoms with Gasteiger partial charge in [0.05, 0.1) is 0 Å². The van der Waals surface area contributed by atoms with Crippen LogP contribution in [-0.2, 0) is 0 Å². The van der Waals surface area contributed by atoms with E-state index in [2.05, 4.69) is 116 Å². The molecule has 0 aliphatic heterocycles. The van der Waals surface area contributed by atoms with Crippen LogP contribution in [0, 0.1) is 0 Å². The molecular formula is C28H38. The molecule has 3 aromatic carbocycles. The van der Waals surface area contributed by atoms with Gasteiger partial charge in [0.1, 0.15) is 0 Å². The standard InChI is InChI=1S/C16H20.C12H18/c1-11(2)13-5-7-16-10-14(12(3)4)6-8-15(16)9-13;1-9(2)11-5-7-12(8-6-11)10(3)4/h5-12H,1-4H3;5-10H,1-4H3. The molecule has 0 bridgehead atoms. The van der Waals surface area contributed by atoms with Crippen molar-refractivity contribution < 1.29 is 0 Å². The lowest BCUT2D eigenvalue weighted by atomic mass is 9.96. The molecule has 0 unspecified atom stereocenters. The van der Waals surface area contributed by atoms with E-state index in [0.29, 0.717) is 23.7 Å². The smallest absolute Gasteiger partial charge is 0.0181 e. The molecule has 3 aromatic rings. The van der Waals surface area contributed by atoms with Crippen molar-refractivity contribution in [3.8, 4) is 0 Å². The van der Waals surface area contributed by atoms with E-state index in [4.69, 9.17) is 0 Å². The van der Waals surface area contributed by atoms with Gasteiger partial charge in [-0.15, -0.1) is 0 Å². The van der Waals surface area contributed by atoms with Gasteiger partial charge in [-0.3, -0.25) is 0 Å². The molecule has 0 radical (unpaired) electrons. The highest BCUT2D eigenvalue weighted by atomic mass is 14.1. The molecule has 0 fully saturated rings. The summed E-state index contributed by atoms with van der Waals surface area (Å²) < 4.78 is 0. The molecule has 3 rings (SSSR count). The minimum absolute atomic E-state index is 0.606. The highest BCUT2D eigenvalue weighted by Crippen LogP contribution is 2.25. The van der Waals surface area contributed by atoms with E-state index < -0.39 is 0 Å². The fraction of sp³-hybridized carbons (Fsp3) is 0.429. The van der Waals surface area contributed by atoms with Gasteiger partial charge in [-0.05, 0) is 56.7 Å². The van der Waals surface area contributed by atoms with Crippen molar-refractivity contribution in [3.05, 3.63) is 82.9 Å². The van der Waals surface area contributed by atoms with Gasteiger partial charge in [0, 0.05) is 0 Å². The maximum absolute atomic E-state index is 2.31. The van der Waals surface area contributed by atoms with Gasteiger partial charge in [-0.2, -0.15) is 0 Å². The molecular weight excluding hydrogens is 336 g/mol. The van der Waals surface area contributed by atoms with Gasteiger partial charge in [0.2, 0.25) is 0 Å². The van der Waals surface area contributed by atoms with Crippen molar-refractivity contribution >= 4 is 10.8 Å². The van der Waals surface area contributed by atoms with E-state index >= 15 is 0 Å². The molecule has 0 nitrogen and oxygen atoms in total. The lowest BCUT2D eigenvalue weighted by Crippen LogP contribution is -1.90. The first kappa shape index (κ1) is 22.2. The third kappa shape index (κ3) is 5.96. The van der Waals surface area contributed by atoms with Crippen LogP contribution in [0.5, 0.6) is 0 Å². The molecule has 0 aromatic heterocycles. The van der Waals surface area contributed by atoms with Gasteiger partial charge >= 0.3 is 0 Å². The largest absolute Gasteiger partial charge is 0.0587 e. The lowest BCUT2D eigenvalue weighted by Gasteiger charge is -2.10. The maximum atomic E-state index is 2.31. The van der Waals surface area contributed by atoms with E-state index in [1.807, 2.05) is 0 Å². The highest BCUT2D eigenvalue weighted by Gasteiger charge is 2.03. The summed E-state index contributed by atoms with van der Waals surface area (Å²) in [6.07, 6.45) is 0. The second-order valence-electron chi connectivity index (χ2n) is 9.15. The minimum Gasteiger partial charge on any atom is -0.0587 e. The van der Waals surface area contributed by atoms with Crippen molar-refractivity contribution in [2.75, 3.05) is 0 Å². The molecule has 0 heteroatoms. The number of rotatable bonds is 4. The second-order valence-corrected chi connectivity index (χ2v) is 9.15. The molecule has 150 valence electrons. The van der Waals surface area contributed by atoms with Crippen molar-refractivity contribution in [2.45, 2.75) is 79.1 Å². The lowest BCUT2D eigenvalue weighted by molar-refractivity contribution is 0.845. The molecule has 0 saturated carbocycles. The molecule has 0 heterocycles. The summed E-state index contributed by atoms with van der Waals surface area (Å²) in [7, 11) is 0. The van der Waals surface area contributed by atoms with Crippen LogP contribution in [0.25, 0.3) is 10.8 Å². The average molecular weight is 375 g/mol. The Morgan fingerprint density at radius 2 is 0.607 bits per heavy atom. The Labute approximate surface area is 173 Å². The van der Waals surface area contributed by atoms with E-state index in [1.165, 1.54) is 33.0 Å². The summed E-state index contributed by atoms with van der Waals surface area (Å²) in [5.74, 6) is 2.50. The zero-order valence-corrected chi connectivity index (χ0v) is 19.1. The Hall–Kier alpha value is -2.08. The molecule has 0 spiro atoms. The molecule has 0 saturated heterocycles. The Morgan fingerprint density at radius 3 is 0.857 bits per heavy atom. The van der Waals surface area contributed by atoms with E-state index in [0.717, 1.165) is 0 Å². The molecule has 0 amide bonds. The average Bonchev–Trinajstić information content (AvgIpc) is 2.67. The van der Waals surface area contributed by atoms with E-state index in [1.54, 1.807) is 0 Å². The summed E-state index contributed by atoms with van der Waals surface area (Å²) in [6.45, 7) is 17.9. The van der Waals surface area contributed by atoms with Crippen LogP contribution in [0.4, 0.5) is 0 Å². The van der Waals surface area contributed by atoms with Gasteiger partial charge < -0.3 is 0 Å². The fourth-order valence-corrected chi connectivity index (χ4v) is 3.27. The fourth-order valence-electron chi connectivity index (χ4n) is 3.27. The van der Waals surface area contributed by atoms with Gasteiger partial charge in [-0.1, -0.05) is 116 Å². The summed E-state index contributed by atoms with van der Waals surface area (Å²) in [5, 5.41) is 2.71. The number of hydrogen-bond acceptors (Lipinski definition) is 0. The van der Waals surface area contributed by atoms with Crippen LogP contribution in [0.2, 0.25) is 0 Å². The molecule has 0 N–H and O–H groups in total. The summed E-state index contributed by atoms with van der Waals surface area (Å²) >= 11 is 0. The number of hydrogen-bond donors (Lipinski definition) is 0. The van der Waals surface area contributed by atoms with Crippen LogP contribution in [0.1, 0.15) is 101 Å². The minimum atomic E-state index is 0.606. The SMILES string of the molecule is CC(C)c1ccc(C(C)C)cc1.CC(C)c1ccc2cc(C(C)C)ccc2c1. The van der Waals surface area contributed by atoms with Crippen LogP contribution in [0.3, 0.4) is 0 Å². The van der Waals surface area contributed by atoms with Crippen molar-refractivity contribution in [1.29, 1.82) is 0 Å². The van der Waals surface area contributed by atoms with Crippen LogP contribution >= 0.6 is 0 Å². The molecule has 0 aliphatic carbocycles. The normalized spacial score (nSPS) is 11.4. The quantitative estimate of drug-likeness (QED) is 0.427. The summed E-state index contributed by atoms with van der Waals surface area (Å²) in [5.41, 5.74) is 5.70. The Bertz CT molecular complexity index is 790. The van der Waals surface area contributed by atoms with Gasteiger partial charge in [0.25, 0.3) is 0 Å². The number of benzene rings is 3.